The third kappa shape index (κ3) is 2.40. The summed E-state index contributed by atoms with van der Waals surface area (Å²) in [7, 11) is 0. The van der Waals surface area contributed by atoms with Crippen LogP contribution in [0.1, 0.15) is 37.3 Å². The van der Waals surface area contributed by atoms with E-state index < -0.39 is 0 Å². The zero-order chi connectivity index (χ0) is 13.2. The Morgan fingerprint density at radius 1 is 1.37 bits per heavy atom. The highest BCUT2D eigenvalue weighted by Gasteiger charge is 2.17. The van der Waals surface area contributed by atoms with Gasteiger partial charge in [0.1, 0.15) is 0 Å². The van der Waals surface area contributed by atoms with Crippen LogP contribution in [0.2, 0.25) is 0 Å². The van der Waals surface area contributed by atoms with E-state index in [1.165, 1.54) is 41.3 Å². The van der Waals surface area contributed by atoms with Crippen LogP contribution in [0.5, 0.6) is 0 Å². The summed E-state index contributed by atoms with van der Waals surface area (Å²) >= 11 is 0. The van der Waals surface area contributed by atoms with Gasteiger partial charge in [0, 0.05) is 42.8 Å². The second-order valence-corrected chi connectivity index (χ2v) is 5.50. The minimum Gasteiger partial charge on any atom is -0.347 e. The number of aromatic nitrogens is 1. The maximum Gasteiger partial charge on any atom is 0.0486 e. The van der Waals surface area contributed by atoms with Crippen molar-refractivity contribution < 1.29 is 0 Å². The lowest BCUT2D eigenvalue weighted by molar-refractivity contribution is 0.338. The Balaban J connectivity index is 1.90. The molecule has 0 bridgehead atoms. The van der Waals surface area contributed by atoms with Crippen molar-refractivity contribution in [1.82, 2.24) is 9.88 Å². The molecular weight excluding hydrogens is 234 g/mol. The molecule has 3 N–H and O–H groups in total. The van der Waals surface area contributed by atoms with Crippen molar-refractivity contribution in [2.24, 2.45) is 5.73 Å². The number of nitrogens with two attached hydrogens (primary N) is 1. The Hall–Kier alpha value is -1.32. The maximum atomic E-state index is 5.74. The summed E-state index contributed by atoms with van der Waals surface area (Å²) in [5, 5.41) is 5.02. The van der Waals surface area contributed by atoms with Crippen LogP contribution in [0.25, 0.3) is 10.9 Å². The van der Waals surface area contributed by atoms with Gasteiger partial charge in [-0.15, -0.1) is 0 Å². The molecule has 0 aliphatic heterocycles. The van der Waals surface area contributed by atoms with Crippen LogP contribution < -0.4 is 11.1 Å². The topological polar surface area (TPSA) is 43.0 Å². The van der Waals surface area contributed by atoms with Gasteiger partial charge in [0.25, 0.3) is 0 Å². The van der Waals surface area contributed by atoms with Crippen molar-refractivity contribution in [2.75, 3.05) is 0 Å². The number of nitrogens with zero attached hydrogens (tertiary/aromatic N) is 1. The Morgan fingerprint density at radius 2 is 2.21 bits per heavy atom. The smallest absolute Gasteiger partial charge is 0.0486 e. The summed E-state index contributed by atoms with van der Waals surface area (Å²) < 4.78 is 2.33. The van der Waals surface area contributed by atoms with E-state index in [1.807, 2.05) is 0 Å². The summed E-state index contributed by atoms with van der Waals surface area (Å²) in [4.78, 5) is 0. The molecule has 1 aromatic heterocycles. The zero-order valence-corrected chi connectivity index (χ0v) is 11.7. The van der Waals surface area contributed by atoms with Gasteiger partial charge in [-0.3, -0.25) is 0 Å². The van der Waals surface area contributed by atoms with Crippen molar-refractivity contribution in [3.05, 3.63) is 35.5 Å². The minimum atomic E-state index is 0.612. The van der Waals surface area contributed by atoms with Crippen molar-refractivity contribution in [3.63, 3.8) is 0 Å². The van der Waals surface area contributed by atoms with Crippen LogP contribution in [0.15, 0.2) is 24.4 Å². The highest BCUT2D eigenvalue weighted by molar-refractivity contribution is 5.84. The quantitative estimate of drug-likeness (QED) is 0.865. The molecule has 0 spiro atoms. The van der Waals surface area contributed by atoms with Gasteiger partial charge in [-0.25, -0.2) is 0 Å². The summed E-state index contributed by atoms with van der Waals surface area (Å²) in [6, 6.07) is 7.34. The minimum absolute atomic E-state index is 0.612. The highest BCUT2D eigenvalue weighted by Crippen LogP contribution is 2.24. The molecule has 1 saturated carbocycles. The lowest BCUT2D eigenvalue weighted by Crippen LogP contribution is -2.34. The number of fused-ring (bicyclic) bond motifs is 1. The molecule has 1 aliphatic rings. The van der Waals surface area contributed by atoms with E-state index in [4.69, 9.17) is 5.73 Å². The van der Waals surface area contributed by atoms with Crippen molar-refractivity contribution in [2.45, 2.75) is 51.9 Å². The summed E-state index contributed by atoms with van der Waals surface area (Å²) in [5.41, 5.74) is 9.67. The van der Waals surface area contributed by atoms with Crippen LogP contribution in [0.4, 0.5) is 0 Å². The second-order valence-electron chi connectivity index (χ2n) is 5.50. The van der Waals surface area contributed by atoms with E-state index in [0.29, 0.717) is 6.54 Å². The molecule has 3 nitrogen and oxygen atoms in total. The first kappa shape index (κ1) is 12.7. The molecule has 102 valence electrons. The molecule has 0 unspecified atom stereocenters. The third-order valence-corrected chi connectivity index (χ3v) is 4.29. The molecule has 1 aliphatic carbocycles. The first-order valence-corrected chi connectivity index (χ1v) is 7.36. The first-order chi connectivity index (χ1) is 9.31. The molecular formula is C16H23N3. The zero-order valence-electron chi connectivity index (χ0n) is 11.7. The molecule has 0 saturated heterocycles. The number of aryl methyl sites for hydroxylation is 1. The van der Waals surface area contributed by atoms with E-state index >= 15 is 0 Å². The number of hydrogen-bond donors (Lipinski definition) is 2. The van der Waals surface area contributed by atoms with E-state index in [9.17, 15) is 0 Å². The fraction of sp³-hybridized carbons (Fsp3) is 0.500. The maximum absolute atomic E-state index is 5.74. The molecule has 19 heavy (non-hydrogen) atoms. The van der Waals surface area contributed by atoms with Crippen LogP contribution >= 0.6 is 0 Å². The summed E-state index contributed by atoms with van der Waals surface area (Å²) in [6.07, 6.45) is 6.35. The Bertz CT molecular complexity index is 567. The summed E-state index contributed by atoms with van der Waals surface area (Å²) in [6.45, 7) is 4.79. The van der Waals surface area contributed by atoms with Gasteiger partial charge in [-0.2, -0.15) is 0 Å². The lowest BCUT2D eigenvalue weighted by atomic mass is 9.93. The van der Waals surface area contributed by atoms with Gasteiger partial charge in [-0.05, 0) is 37.0 Å². The molecule has 0 atom stereocenters. The predicted octanol–water partition coefficient (Wildman–Crippen LogP) is 2.76. The first-order valence-electron chi connectivity index (χ1n) is 7.36. The number of hydrogen-bond acceptors (Lipinski definition) is 2. The van der Waals surface area contributed by atoms with Gasteiger partial charge < -0.3 is 15.6 Å². The monoisotopic (exact) mass is 257 g/mol. The molecule has 3 rings (SSSR count). The van der Waals surface area contributed by atoms with E-state index in [0.717, 1.165) is 19.1 Å². The van der Waals surface area contributed by atoms with Gasteiger partial charge >= 0.3 is 0 Å². The number of nitrogens with one attached hydrogen (secondary N) is 1. The SMILES string of the molecule is CCn1cc(CNC2CCC2)c2ccc(CN)cc21. The Kier molecular flexibility index (Phi) is 3.58. The van der Waals surface area contributed by atoms with Crippen LogP contribution in [-0.2, 0) is 19.6 Å². The molecule has 1 heterocycles. The van der Waals surface area contributed by atoms with E-state index in [1.54, 1.807) is 0 Å². The van der Waals surface area contributed by atoms with E-state index in [2.05, 4.69) is 41.2 Å². The van der Waals surface area contributed by atoms with Crippen molar-refractivity contribution in [1.29, 1.82) is 0 Å². The molecule has 0 amide bonds. The number of benzene rings is 1. The predicted molar refractivity (Wildman–Crippen MR) is 80.0 cm³/mol. The van der Waals surface area contributed by atoms with Gasteiger partial charge in [0.2, 0.25) is 0 Å². The average molecular weight is 257 g/mol. The average Bonchev–Trinajstić information content (AvgIpc) is 2.74. The Labute approximate surface area is 114 Å². The van der Waals surface area contributed by atoms with Crippen LogP contribution in [-0.4, -0.2) is 10.6 Å². The molecule has 1 aromatic carbocycles. The van der Waals surface area contributed by atoms with E-state index in [-0.39, 0.29) is 0 Å². The molecule has 3 heteroatoms. The number of rotatable bonds is 5. The molecule has 2 aromatic rings. The third-order valence-electron chi connectivity index (χ3n) is 4.29. The molecule has 1 fully saturated rings. The Morgan fingerprint density at radius 3 is 2.84 bits per heavy atom. The second kappa shape index (κ2) is 5.35. The lowest BCUT2D eigenvalue weighted by Gasteiger charge is -2.26. The highest BCUT2D eigenvalue weighted by atomic mass is 15.0. The van der Waals surface area contributed by atoms with Crippen LogP contribution in [0.3, 0.4) is 0 Å². The largest absolute Gasteiger partial charge is 0.347 e. The fourth-order valence-corrected chi connectivity index (χ4v) is 2.81. The van der Waals surface area contributed by atoms with Crippen molar-refractivity contribution >= 4 is 10.9 Å². The van der Waals surface area contributed by atoms with Gasteiger partial charge in [0.15, 0.2) is 0 Å². The van der Waals surface area contributed by atoms with Crippen molar-refractivity contribution in [3.8, 4) is 0 Å². The van der Waals surface area contributed by atoms with Crippen LogP contribution in [0, 0.1) is 0 Å². The fourth-order valence-electron chi connectivity index (χ4n) is 2.81. The normalized spacial score (nSPS) is 15.9. The summed E-state index contributed by atoms with van der Waals surface area (Å²) in [5.74, 6) is 0. The standard InChI is InChI=1S/C16H23N3/c1-2-19-11-13(10-18-14-4-3-5-14)15-7-6-12(9-17)8-16(15)19/h6-8,11,14,18H,2-5,9-10,17H2,1H3. The molecule has 0 radical (unpaired) electrons. The van der Waals surface area contributed by atoms with Gasteiger partial charge in [-0.1, -0.05) is 18.6 Å². The van der Waals surface area contributed by atoms with Gasteiger partial charge in [0.05, 0.1) is 0 Å².